The van der Waals surface area contributed by atoms with Crippen LogP contribution >= 0.6 is 0 Å². The minimum atomic E-state index is -3.01. The van der Waals surface area contributed by atoms with Gasteiger partial charge in [-0.2, -0.15) is 0 Å². The predicted molar refractivity (Wildman–Crippen MR) is 53.4 cm³/mol. The van der Waals surface area contributed by atoms with Gasteiger partial charge in [0.1, 0.15) is 16.4 Å². The topological polar surface area (TPSA) is 113 Å². The zero-order chi connectivity index (χ0) is 11.9. The molecule has 88 valence electrons. The molecule has 3 N–H and O–H groups in total. The van der Waals surface area contributed by atoms with Crippen LogP contribution in [0.4, 0.5) is 4.79 Å². The van der Waals surface area contributed by atoms with Crippen molar-refractivity contribution in [3.05, 3.63) is 0 Å². The van der Waals surface area contributed by atoms with E-state index in [1.807, 2.05) is 0 Å². The van der Waals surface area contributed by atoms with Crippen LogP contribution in [0.15, 0.2) is 0 Å². The first-order chi connectivity index (χ1) is 6.81. The maximum atomic E-state index is 10.8. The Bertz CT molecular complexity index is 324. The third kappa shape index (κ3) is 10.6. The summed E-state index contributed by atoms with van der Waals surface area (Å²) in [6.07, 6.45) is 1.41. The Morgan fingerprint density at radius 1 is 1.27 bits per heavy atom. The van der Waals surface area contributed by atoms with Gasteiger partial charge in [-0.05, 0) is 6.42 Å². The highest BCUT2D eigenvalue weighted by Gasteiger charge is 2.04. The Kier molecular flexibility index (Phi) is 5.68. The quantitative estimate of drug-likeness (QED) is 0.503. The molecule has 0 saturated heterocycles. The van der Waals surface area contributed by atoms with E-state index in [2.05, 4.69) is 10.6 Å². The minimum Gasteiger partial charge on any atom is -0.480 e. The summed E-state index contributed by atoms with van der Waals surface area (Å²) in [5.74, 6) is -1.15. The monoisotopic (exact) mass is 238 g/mol. The third-order valence-corrected chi connectivity index (χ3v) is 2.41. The summed E-state index contributed by atoms with van der Waals surface area (Å²) in [5.41, 5.74) is 0. The Morgan fingerprint density at radius 3 is 2.33 bits per heavy atom. The van der Waals surface area contributed by atoms with Crippen molar-refractivity contribution in [3.63, 3.8) is 0 Å². The van der Waals surface area contributed by atoms with Gasteiger partial charge in [0.15, 0.2) is 0 Å². The highest BCUT2D eigenvalue weighted by Crippen LogP contribution is 1.86. The van der Waals surface area contributed by atoms with Crippen molar-refractivity contribution >= 4 is 21.8 Å². The molecule has 0 fully saturated rings. The SMILES string of the molecule is CS(=O)(=O)CCCNC(=O)NCC(=O)O. The molecule has 7 nitrogen and oxygen atoms in total. The van der Waals surface area contributed by atoms with Crippen LogP contribution in [0.2, 0.25) is 0 Å². The number of hydrogen-bond donors (Lipinski definition) is 3. The van der Waals surface area contributed by atoms with E-state index in [0.29, 0.717) is 6.42 Å². The summed E-state index contributed by atoms with van der Waals surface area (Å²) in [6.45, 7) is -0.267. The molecule has 0 heterocycles. The zero-order valence-corrected chi connectivity index (χ0v) is 9.13. The van der Waals surface area contributed by atoms with Crippen molar-refractivity contribution in [1.82, 2.24) is 10.6 Å². The molecular weight excluding hydrogens is 224 g/mol. The third-order valence-electron chi connectivity index (χ3n) is 1.38. The van der Waals surface area contributed by atoms with E-state index in [-0.39, 0.29) is 12.3 Å². The molecule has 0 saturated carbocycles. The molecule has 0 aliphatic rings. The van der Waals surface area contributed by atoms with Gasteiger partial charge >= 0.3 is 12.0 Å². The fourth-order valence-corrected chi connectivity index (χ4v) is 1.42. The van der Waals surface area contributed by atoms with E-state index in [0.717, 1.165) is 6.26 Å². The Morgan fingerprint density at radius 2 is 1.87 bits per heavy atom. The van der Waals surface area contributed by atoms with E-state index in [1.54, 1.807) is 0 Å². The number of urea groups is 1. The van der Waals surface area contributed by atoms with Crippen molar-refractivity contribution in [3.8, 4) is 0 Å². The number of carboxylic acid groups (broad SMARTS) is 1. The van der Waals surface area contributed by atoms with Gasteiger partial charge in [-0.3, -0.25) is 4.79 Å². The summed E-state index contributed by atoms with van der Waals surface area (Å²) in [4.78, 5) is 20.9. The van der Waals surface area contributed by atoms with Crippen molar-refractivity contribution in [2.75, 3.05) is 25.1 Å². The van der Waals surface area contributed by atoms with Gasteiger partial charge in [0.2, 0.25) is 0 Å². The number of hydrogen-bond acceptors (Lipinski definition) is 4. The van der Waals surface area contributed by atoms with Crippen LogP contribution in [-0.2, 0) is 14.6 Å². The lowest BCUT2D eigenvalue weighted by Gasteiger charge is -2.04. The smallest absolute Gasteiger partial charge is 0.323 e. The van der Waals surface area contributed by atoms with E-state index >= 15 is 0 Å². The van der Waals surface area contributed by atoms with Gasteiger partial charge < -0.3 is 15.7 Å². The molecule has 0 aliphatic carbocycles. The van der Waals surface area contributed by atoms with Gasteiger partial charge in [0.05, 0.1) is 5.75 Å². The second-order valence-electron chi connectivity index (χ2n) is 2.99. The molecule has 2 amide bonds. The number of rotatable bonds is 6. The molecule has 0 spiro atoms. The molecule has 0 aromatic rings. The molecule has 0 aliphatic heterocycles. The number of sulfone groups is 1. The van der Waals surface area contributed by atoms with Gasteiger partial charge in [-0.1, -0.05) is 0 Å². The van der Waals surface area contributed by atoms with E-state index in [4.69, 9.17) is 5.11 Å². The van der Waals surface area contributed by atoms with Crippen LogP contribution in [0.3, 0.4) is 0 Å². The average Bonchev–Trinajstić information content (AvgIpc) is 2.07. The van der Waals surface area contributed by atoms with Crippen LogP contribution in [0.5, 0.6) is 0 Å². The summed E-state index contributed by atoms with van der Waals surface area (Å²) in [6, 6.07) is -0.620. The first-order valence-corrected chi connectivity index (χ1v) is 6.28. The van der Waals surface area contributed by atoms with Crippen molar-refractivity contribution in [2.24, 2.45) is 0 Å². The Labute approximate surface area is 87.8 Å². The summed E-state index contributed by atoms with van der Waals surface area (Å²) < 4.78 is 21.4. The van der Waals surface area contributed by atoms with E-state index in [1.165, 1.54) is 0 Å². The highest BCUT2D eigenvalue weighted by molar-refractivity contribution is 7.90. The van der Waals surface area contributed by atoms with E-state index < -0.39 is 28.4 Å². The van der Waals surface area contributed by atoms with Gasteiger partial charge in [0, 0.05) is 12.8 Å². The van der Waals surface area contributed by atoms with Crippen LogP contribution in [0, 0.1) is 0 Å². The van der Waals surface area contributed by atoms with Crippen LogP contribution in [0.25, 0.3) is 0 Å². The molecular formula is C7H14N2O5S. The highest BCUT2D eigenvalue weighted by atomic mass is 32.2. The second-order valence-corrected chi connectivity index (χ2v) is 5.25. The number of nitrogens with one attached hydrogen (secondary N) is 2. The maximum absolute atomic E-state index is 10.8. The van der Waals surface area contributed by atoms with Crippen molar-refractivity contribution in [2.45, 2.75) is 6.42 Å². The second kappa shape index (κ2) is 6.23. The molecule has 0 aromatic heterocycles. The van der Waals surface area contributed by atoms with Crippen LogP contribution in [0.1, 0.15) is 6.42 Å². The number of carbonyl (C=O) groups excluding carboxylic acids is 1. The first kappa shape index (κ1) is 13.7. The van der Waals surface area contributed by atoms with E-state index in [9.17, 15) is 18.0 Å². The standard InChI is InChI=1S/C7H14N2O5S/c1-15(13,14)4-2-3-8-7(12)9-5-6(10)11/h2-5H2,1H3,(H,10,11)(H2,8,9,12). The first-order valence-electron chi connectivity index (χ1n) is 4.22. The molecule has 0 bridgehead atoms. The lowest BCUT2D eigenvalue weighted by molar-refractivity contribution is -0.135. The molecule has 0 unspecified atom stereocenters. The van der Waals surface area contributed by atoms with Crippen molar-refractivity contribution < 1.29 is 23.1 Å². The van der Waals surface area contributed by atoms with Crippen LogP contribution in [-0.4, -0.2) is 50.6 Å². The molecule has 8 heteroatoms. The maximum Gasteiger partial charge on any atom is 0.323 e. The Balaban J connectivity index is 3.52. The van der Waals surface area contributed by atoms with Crippen molar-refractivity contribution in [1.29, 1.82) is 0 Å². The zero-order valence-electron chi connectivity index (χ0n) is 8.32. The molecule has 15 heavy (non-hydrogen) atoms. The molecule has 0 aromatic carbocycles. The molecule has 0 rings (SSSR count). The lowest BCUT2D eigenvalue weighted by Crippen LogP contribution is -2.39. The number of amides is 2. The van der Waals surface area contributed by atoms with Gasteiger partial charge in [-0.15, -0.1) is 0 Å². The predicted octanol–water partition coefficient (Wildman–Crippen LogP) is -1.20. The average molecular weight is 238 g/mol. The number of carbonyl (C=O) groups is 2. The summed E-state index contributed by atoms with van der Waals surface area (Å²) in [5, 5.41) is 12.6. The summed E-state index contributed by atoms with van der Waals surface area (Å²) in [7, 11) is -3.01. The normalized spacial score (nSPS) is 10.7. The summed E-state index contributed by atoms with van der Waals surface area (Å²) >= 11 is 0. The fourth-order valence-electron chi connectivity index (χ4n) is 0.755. The molecule has 0 atom stereocenters. The number of carboxylic acids is 1. The largest absolute Gasteiger partial charge is 0.480 e. The Hall–Kier alpha value is -1.31. The van der Waals surface area contributed by atoms with Crippen LogP contribution < -0.4 is 10.6 Å². The van der Waals surface area contributed by atoms with Gasteiger partial charge in [-0.25, -0.2) is 13.2 Å². The van der Waals surface area contributed by atoms with Gasteiger partial charge in [0.25, 0.3) is 0 Å². The lowest BCUT2D eigenvalue weighted by atomic mass is 10.5. The molecule has 0 radical (unpaired) electrons. The minimum absolute atomic E-state index is 0.00773. The fraction of sp³-hybridized carbons (Fsp3) is 0.714. The number of aliphatic carboxylic acids is 1.